The molecular formula is C23H16N6O2. The van der Waals surface area contributed by atoms with Crippen molar-refractivity contribution in [3.8, 4) is 39.5 Å². The van der Waals surface area contributed by atoms with Gasteiger partial charge < -0.3 is 14.1 Å². The second-order valence-corrected chi connectivity index (χ2v) is 7.12. The molecule has 0 fully saturated rings. The summed E-state index contributed by atoms with van der Waals surface area (Å²) in [6.07, 6.45) is 10.4. The lowest BCUT2D eigenvalue weighted by atomic mass is 10.1. The molecule has 6 aromatic heterocycles. The maximum absolute atomic E-state index is 5.30. The largest absolute Gasteiger partial charge is 0.495 e. The number of nitrogens with one attached hydrogen (secondary N) is 2. The molecule has 6 heterocycles. The van der Waals surface area contributed by atoms with Crippen molar-refractivity contribution < 1.29 is 9.15 Å². The quantitative estimate of drug-likeness (QED) is 0.433. The van der Waals surface area contributed by atoms with Crippen LogP contribution >= 0.6 is 0 Å². The molecule has 0 saturated carbocycles. The first-order valence-corrected chi connectivity index (χ1v) is 9.64. The minimum atomic E-state index is 0.640. The molecule has 31 heavy (non-hydrogen) atoms. The van der Waals surface area contributed by atoms with E-state index in [1.807, 2.05) is 18.2 Å². The lowest BCUT2D eigenvalue weighted by Gasteiger charge is -2.04. The molecule has 0 aliphatic rings. The van der Waals surface area contributed by atoms with Crippen LogP contribution in [0, 0.1) is 0 Å². The van der Waals surface area contributed by atoms with E-state index in [0.717, 1.165) is 50.1 Å². The highest BCUT2D eigenvalue weighted by atomic mass is 16.5. The van der Waals surface area contributed by atoms with Gasteiger partial charge in [-0.15, -0.1) is 0 Å². The summed E-state index contributed by atoms with van der Waals surface area (Å²) in [5, 5.41) is 9.41. The number of furan rings is 1. The van der Waals surface area contributed by atoms with Gasteiger partial charge in [-0.2, -0.15) is 5.10 Å². The van der Waals surface area contributed by atoms with Crippen LogP contribution in [0.4, 0.5) is 0 Å². The van der Waals surface area contributed by atoms with E-state index in [9.17, 15) is 0 Å². The standard InChI is InChI=1S/C23H16N6O2/c1-30-16-6-14(9-24-11-16)15-7-18-22(28-29-23(18)26-10-15)20-8-17-19(27-20)2-4-25-21(17)13-3-5-31-12-13/h2-12,27H,1H3,(H,26,28,29). The van der Waals surface area contributed by atoms with Crippen LogP contribution in [-0.4, -0.2) is 37.2 Å². The molecule has 8 nitrogen and oxygen atoms in total. The van der Waals surface area contributed by atoms with Crippen molar-refractivity contribution in [1.29, 1.82) is 0 Å². The van der Waals surface area contributed by atoms with Crippen LogP contribution in [0.5, 0.6) is 5.75 Å². The Labute approximate surface area is 176 Å². The number of hydrogen-bond donors (Lipinski definition) is 2. The Hall–Kier alpha value is -4.46. The molecule has 6 rings (SSSR count). The monoisotopic (exact) mass is 408 g/mol. The van der Waals surface area contributed by atoms with Crippen LogP contribution in [0.3, 0.4) is 0 Å². The minimum absolute atomic E-state index is 0.640. The van der Waals surface area contributed by atoms with Crippen LogP contribution in [0.2, 0.25) is 0 Å². The Morgan fingerprint density at radius 1 is 0.935 bits per heavy atom. The van der Waals surface area contributed by atoms with Crippen LogP contribution < -0.4 is 4.74 Å². The molecule has 0 amide bonds. The molecular weight excluding hydrogens is 392 g/mol. The summed E-state index contributed by atoms with van der Waals surface area (Å²) < 4.78 is 10.5. The molecule has 0 aliphatic heterocycles. The summed E-state index contributed by atoms with van der Waals surface area (Å²) in [6, 6.07) is 9.90. The Kier molecular flexibility index (Phi) is 3.82. The van der Waals surface area contributed by atoms with Crippen LogP contribution in [0.1, 0.15) is 0 Å². The third-order valence-corrected chi connectivity index (χ3v) is 5.30. The van der Waals surface area contributed by atoms with Crippen molar-refractivity contribution in [2.45, 2.75) is 0 Å². The number of ether oxygens (including phenoxy) is 1. The van der Waals surface area contributed by atoms with Crippen molar-refractivity contribution in [3.63, 3.8) is 0 Å². The van der Waals surface area contributed by atoms with Gasteiger partial charge >= 0.3 is 0 Å². The lowest BCUT2D eigenvalue weighted by molar-refractivity contribution is 0.413. The number of H-pyrrole nitrogens is 2. The molecule has 0 aromatic carbocycles. The third kappa shape index (κ3) is 2.84. The van der Waals surface area contributed by atoms with E-state index < -0.39 is 0 Å². The summed E-state index contributed by atoms with van der Waals surface area (Å²) >= 11 is 0. The summed E-state index contributed by atoms with van der Waals surface area (Å²) in [6.45, 7) is 0. The molecule has 150 valence electrons. The molecule has 0 radical (unpaired) electrons. The van der Waals surface area contributed by atoms with Gasteiger partial charge in [-0.25, -0.2) is 4.98 Å². The second-order valence-electron chi connectivity index (χ2n) is 7.12. The number of rotatable bonds is 4. The highest BCUT2D eigenvalue weighted by molar-refractivity contribution is 5.99. The highest BCUT2D eigenvalue weighted by Crippen LogP contribution is 2.34. The van der Waals surface area contributed by atoms with Gasteiger partial charge in [0.15, 0.2) is 5.65 Å². The zero-order valence-electron chi connectivity index (χ0n) is 16.5. The molecule has 0 atom stereocenters. The fourth-order valence-electron chi connectivity index (χ4n) is 3.77. The summed E-state index contributed by atoms with van der Waals surface area (Å²) in [7, 11) is 1.62. The first-order valence-electron chi connectivity index (χ1n) is 9.64. The smallest absolute Gasteiger partial charge is 0.181 e. The lowest BCUT2D eigenvalue weighted by Crippen LogP contribution is -1.87. The van der Waals surface area contributed by atoms with E-state index in [0.29, 0.717) is 11.4 Å². The molecule has 8 heteroatoms. The first-order chi connectivity index (χ1) is 15.3. The van der Waals surface area contributed by atoms with Gasteiger partial charge in [0, 0.05) is 51.6 Å². The summed E-state index contributed by atoms with van der Waals surface area (Å²) in [5.74, 6) is 0.694. The number of fused-ring (bicyclic) bond motifs is 2. The van der Waals surface area contributed by atoms with Crippen molar-refractivity contribution in [3.05, 3.63) is 67.6 Å². The Balaban J connectivity index is 1.50. The molecule has 2 N–H and O–H groups in total. The number of aromatic nitrogens is 6. The highest BCUT2D eigenvalue weighted by Gasteiger charge is 2.15. The SMILES string of the molecule is COc1cncc(-c2cnc3n[nH]c(-c4cc5c(-c6ccoc6)nccc5[nH]4)c3c2)c1. The van der Waals surface area contributed by atoms with E-state index in [2.05, 4.69) is 42.3 Å². The van der Waals surface area contributed by atoms with Gasteiger partial charge in [-0.05, 0) is 30.3 Å². The number of methoxy groups -OCH3 is 1. The Morgan fingerprint density at radius 2 is 1.87 bits per heavy atom. The van der Waals surface area contributed by atoms with Crippen LogP contribution in [0.25, 0.3) is 55.7 Å². The van der Waals surface area contributed by atoms with Gasteiger partial charge in [0.2, 0.25) is 0 Å². The van der Waals surface area contributed by atoms with Gasteiger partial charge in [0.1, 0.15) is 5.75 Å². The fraction of sp³-hybridized carbons (Fsp3) is 0.0435. The second kappa shape index (κ2) is 6.81. The molecule has 0 aliphatic carbocycles. The molecule has 0 spiro atoms. The van der Waals surface area contributed by atoms with Crippen LogP contribution in [0.15, 0.2) is 72.1 Å². The van der Waals surface area contributed by atoms with Crippen molar-refractivity contribution in [2.75, 3.05) is 7.11 Å². The van der Waals surface area contributed by atoms with Gasteiger partial charge in [-0.3, -0.25) is 15.1 Å². The number of nitrogens with zero attached hydrogens (tertiary/aromatic N) is 4. The van der Waals surface area contributed by atoms with Crippen molar-refractivity contribution in [2.24, 2.45) is 0 Å². The fourth-order valence-corrected chi connectivity index (χ4v) is 3.77. The van der Waals surface area contributed by atoms with E-state index in [-0.39, 0.29) is 0 Å². The topological polar surface area (TPSA) is 106 Å². The van der Waals surface area contributed by atoms with E-state index in [4.69, 9.17) is 9.15 Å². The maximum Gasteiger partial charge on any atom is 0.181 e. The molecule has 0 saturated heterocycles. The molecule has 0 bridgehead atoms. The average molecular weight is 408 g/mol. The van der Waals surface area contributed by atoms with E-state index in [1.165, 1.54) is 0 Å². The van der Waals surface area contributed by atoms with Gasteiger partial charge in [0.25, 0.3) is 0 Å². The predicted octanol–water partition coefficient (Wildman–Crippen LogP) is 4.83. The zero-order valence-corrected chi connectivity index (χ0v) is 16.5. The van der Waals surface area contributed by atoms with E-state index in [1.54, 1.807) is 44.4 Å². The van der Waals surface area contributed by atoms with Gasteiger partial charge in [0.05, 0.1) is 42.9 Å². The van der Waals surface area contributed by atoms with Crippen molar-refractivity contribution >= 4 is 21.9 Å². The zero-order chi connectivity index (χ0) is 20.8. The average Bonchev–Trinajstić information content (AvgIpc) is 3.57. The maximum atomic E-state index is 5.30. The normalized spacial score (nSPS) is 11.4. The minimum Gasteiger partial charge on any atom is -0.495 e. The summed E-state index contributed by atoms with van der Waals surface area (Å²) in [4.78, 5) is 16.8. The number of hydrogen-bond acceptors (Lipinski definition) is 6. The Morgan fingerprint density at radius 3 is 2.74 bits per heavy atom. The number of aromatic amines is 2. The van der Waals surface area contributed by atoms with Crippen LogP contribution in [-0.2, 0) is 0 Å². The third-order valence-electron chi connectivity index (χ3n) is 5.30. The predicted molar refractivity (Wildman–Crippen MR) is 116 cm³/mol. The molecule has 0 unspecified atom stereocenters. The molecule has 6 aromatic rings. The summed E-state index contributed by atoms with van der Waals surface area (Å²) in [5.41, 5.74) is 7.01. The number of pyridine rings is 3. The first kappa shape index (κ1) is 17.4. The van der Waals surface area contributed by atoms with Crippen molar-refractivity contribution in [1.82, 2.24) is 30.1 Å². The van der Waals surface area contributed by atoms with E-state index >= 15 is 0 Å². The Bertz CT molecular complexity index is 1530. The van der Waals surface area contributed by atoms with Gasteiger partial charge in [-0.1, -0.05) is 0 Å².